The van der Waals surface area contributed by atoms with Crippen LogP contribution in [0.2, 0.25) is 4.82 Å². The van der Waals surface area contributed by atoms with Crippen molar-refractivity contribution in [3.8, 4) is 6.19 Å². The van der Waals surface area contributed by atoms with Gasteiger partial charge in [-0.1, -0.05) is 0 Å². The zero-order valence-electron chi connectivity index (χ0n) is 8.23. The van der Waals surface area contributed by atoms with Crippen LogP contribution in [0.4, 0.5) is 0 Å². The summed E-state index contributed by atoms with van der Waals surface area (Å²) in [4.78, 5) is 0.686. The molecule has 0 spiro atoms. The molecule has 1 rings (SSSR count). The molecule has 1 aromatic rings. The van der Waals surface area contributed by atoms with Crippen molar-refractivity contribution in [1.29, 1.82) is 5.26 Å². The normalized spacial score (nSPS) is 11.7. The standard InChI is InChI=1S/C11H14N2Se/c1-10(7-8-13-9-12)14-11-5-3-2-4-6-11/h2-6,10,13H,7-8H2,1H3. The van der Waals surface area contributed by atoms with Gasteiger partial charge in [0.05, 0.1) is 0 Å². The van der Waals surface area contributed by atoms with Gasteiger partial charge in [-0.25, -0.2) is 0 Å². The summed E-state index contributed by atoms with van der Waals surface area (Å²) < 4.78 is 1.43. The van der Waals surface area contributed by atoms with Gasteiger partial charge in [0, 0.05) is 0 Å². The van der Waals surface area contributed by atoms with E-state index in [1.807, 2.05) is 12.3 Å². The minimum absolute atomic E-state index is 0.526. The maximum atomic E-state index is 8.31. The van der Waals surface area contributed by atoms with E-state index in [-0.39, 0.29) is 0 Å². The summed E-state index contributed by atoms with van der Waals surface area (Å²) in [6.07, 6.45) is 3.02. The molecule has 14 heavy (non-hydrogen) atoms. The average Bonchev–Trinajstić information content (AvgIpc) is 2.20. The molecule has 1 unspecified atom stereocenters. The number of nitriles is 1. The number of hydrogen-bond acceptors (Lipinski definition) is 2. The molecule has 2 nitrogen and oxygen atoms in total. The first-order valence-corrected chi connectivity index (χ1v) is 6.51. The van der Waals surface area contributed by atoms with Crippen LogP contribution in [0.5, 0.6) is 0 Å². The number of rotatable bonds is 5. The van der Waals surface area contributed by atoms with Crippen LogP contribution < -0.4 is 9.78 Å². The van der Waals surface area contributed by atoms with Gasteiger partial charge in [0.25, 0.3) is 0 Å². The Kier molecular flexibility index (Phi) is 5.14. The number of benzene rings is 1. The van der Waals surface area contributed by atoms with Crippen molar-refractivity contribution in [2.45, 2.75) is 18.2 Å². The van der Waals surface area contributed by atoms with E-state index in [1.54, 1.807) is 0 Å². The molecule has 0 heterocycles. The fourth-order valence-corrected chi connectivity index (χ4v) is 3.25. The molecule has 0 amide bonds. The van der Waals surface area contributed by atoms with Crippen molar-refractivity contribution >= 4 is 19.4 Å². The van der Waals surface area contributed by atoms with E-state index in [9.17, 15) is 0 Å². The van der Waals surface area contributed by atoms with E-state index in [0.29, 0.717) is 19.8 Å². The average molecular weight is 253 g/mol. The van der Waals surface area contributed by atoms with Crippen molar-refractivity contribution in [3.05, 3.63) is 30.3 Å². The first-order chi connectivity index (χ1) is 6.83. The Hall–Kier alpha value is -0.971. The molecule has 0 aliphatic rings. The fourth-order valence-electron chi connectivity index (χ4n) is 1.12. The van der Waals surface area contributed by atoms with Crippen molar-refractivity contribution in [1.82, 2.24) is 5.32 Å². The van der Waals surface area contributed by atoms with Gasteiger partial charge in [-0.05, 0) is 0 Å². The van der Waals surface area contributed by atoms with Gasteiger partial charge in [-0.3, -0.25) is 0 Å². The topological polar surface area (TPSA) is 35.8 Å². The number of nitrogens with zero attached hydrogens (tertiary/aromatic N) is 1. The Labute approximate surface area is 91.5 Å². The van der Waals surface area contributed by atoms with Gasteiger partial charge in [0.1, 0.15) is 0 Å². The zero-order valence-corrected chi connectivity index (χ0v) is 9.95. The predicted octanol–water partition coefficient (Wildman–Crippen LogP) is 1.29. The molecule has 0 aliphatic carbocycles. The Morgan fingerprint density at radius 2 is 2.14 bits per heavy atom. The molecule has 0 radical (unpaired) electrons. The molecular formula is C11H14N2Se. The molecule has 0 fully saturated rings. The van der Waals surface area contributed by atoms with Crippen molar-refractivity contribution in [3.63, 3.8) is 0 Å². The van der Waals surface area contributed by atoms with E-state index >= 15 is 0 Å². The first kappa shape index (κ1) is 11.1. The van der Waals surface area contributed by atoms with Crippen molar-refractivity contribution < 1.29 is 0 Å². The second-order valence-electron chi connectivity index (χ2n) is 3.07. The second-order valence-corrected chi connectivity index (χ2v) is 6.24. The van der Waals surface area contributed by atoms with Crippen molar-refractivity contribution in [2.75, 3.05) is 6.54 Å². The van der Waals surface area contributed by atoms with Crippen LogP contribution in [0, 0.1) is 11.5 Å². The first-order valence-electron chi connectivity index (χ1n) is 4.66. The summed E-state index contributed by atoms with van der Waals surface area (Å²) in [5.41, 5.74) is 0. The molecule has 3 heteroatoms. The van der Waals surface area contributed by atoms with E-state index in [4.69, 9.17) is 5.26 Å². The van der Waals surface area contributed by atoms with Crippen LogP contribution in [-0.4, -0.2) is 21.5 Å². The third kappa shape index (κ3) is 4.32. The summed E-state index contributed by atoms with van der Waals surface area (Å²) in [6.45, 7) is 3.04. The summed E-state index contributed by atoms with van der Waals surface area (Å²) in [5, 5.41) is 11.0. The molecule has 0 bridgehead atoms. The third-order valence-electron chi connectivity index (χ3n) is 1.84. The molecule has 1 aromatic carbocycles. The second kappa shape index (κ2) is 6.48. The van der Waals surface area contributed by atoms with Gasteiger partial charge in [0.15, 0.2) is 0 Å². The van der Waals surface area contributed by atoms with E-state index < -0.39 is 0 Å². The van der Waals surface area contributed by atoms with Crippen LogP contribution in [0.1, 0.15) is 13.3 Å². The van der Waals surface area contributed by atoms with Crippen LogP contribution in [0.3, 0.4) is 0 Å². The quantitative estimate of drug-likeness (QED) is 0.371. The SMILES string of the molecule is CC(CCNC#N)[Se]c1ccccc1. The Morgan fingerprint density at radius 1 is 1.43 bits per heavy atom. The third-order valence-corrected chi connectivity index (χ3v) is 4.32. The van der Waals surface area contributed by atoms with Crippen molar-refractivity contribution in [2.24, 2.45) is 0 Å². The van der Waals surface area contributed by atoms with Gasteiger partial charge in [-0.15, -0.1) is 0 Å². The summed E-state index contributed by atoms with van der Waals surface area (Å²) in [6, 6.07) is 10.6. The Bertz CT molecular complexity index is 292. The molecule has 0 aliphatic heterocycles. The maximum absolute atomic E-state index is 8.31. The zero-order chi connectivity index (χ0) is 10.2. The summed E-state index contributed by atoms with van der Waals surface area (Å²) in [7, 11) is 0. The number of nitrogens with one attached hydrogen (secondary N) is 1. The molecule has 74 valence electrons. The number of hydrogen-bond donors (Lipinski definition) is 1. The summed E-state index contributed by atoms with van der Waals surface area (Å²) >= 11 is 0.526. The predicted molar refractivity (Wildman–Crippen MR) is 59.5 cm³/mol. The van der Waals surface area contributed by atoms with Crippen LogP contribution in [-0.2, 0) is 0 Å². The van der Waals surface area contributed by atoms with Gasteiger partial charge in [0.2, 0.25) is 0 Å². The van der Waals surface area contributed by atoms with E-state index in [0.717, 1.165) is 13.0 Å². The molecule has 0 saturated carbocycles. The molecule has 1 N–H and O–H groups in total. The fraction of sp³-hybridized carbons (Fsp3) is 0.364. The molecule has 0 aromatic heterocycles. The minimum atomic E-state index is 0.526. The van der Waals surface area contributed by atoms with Crippen LogP contribution in [0.15, 0.2) is 30.3 Å². The molecule has 1 atom stereocenters. The van der Waals surface area contributed by atoms with Crippen LogP contribution >= 0.6 is 0 Å². The van der Waals surface area contributed by atoms with E-state index in [1.165, 1.54) is 4.46 Å². The molecular weight excluding hydrogens is 239 g/mol. The monoisotopic (exact) mass is 254 g/mol. The van der Waals surface area contributed by atoms with E-state index in [2.05, 4.69) is 36.5 Å². The summed E-state index contributed by atoms with van der Waals surface area (Å²) in [5.74, 6) is 0. The Balaban J connectivity index is 2.28. The molecule has 0 saturated heterocycles. The van der Waals surface area contributed by atoms with Gasteiger partial charge in [-0.2, -0.15) is 0 Å². The van der Waals surface area contributed by atoms with Gasteiger partial charge < -0.3 is 0 Å². The van der Waals surface area contributed by atoms with Crippen LogP contribution in [0.25, 0.3) is 0 Å². The Morgan fingerprint density at radius 3 is 2.79 bits per heavy atom. The van der Waals surface area contributed by atoms with Gasteiger partial charge >= 0.3 is 91.2 Å².